The highest BCUT2D eigenvalue weighted by Crippen LogP contribution is 2.36. The third kappa shape index (κ3) is 2.78. The lowest BCUT2D eigenvalue weighted by Gasteiger charge is -2.22. The van der Waals surface area contributed by atoms with Crippen molar-refractivity contribution in [1.29, 1.82) is 0 Å². The summed E-state index contributed by atoms with van der Waals surface area (Å²) in [7, 11) is -3.56. The number of halogens is 1. The van der Waals surface area contributed by atoms with E-state index in [1.807, 2.05) is 13.0 Å². The maximum atomic E-state index is 12.8. The molecule has 118 valence electrons. The molecule has 0 bridgehead atoms. The maximum absolute atomic E-state index is 12.8. The number of benzene rings is 1. The molecule has 2 heterocycles. The van der Waals surface area contributed by atoms with Gasteiger partial charge in [-0.05, 0) is 43.5 Å². The highest BCUT2D eigenvalue weighted by atomic mass is 35.5. The average Bonchev–Trinajstić information content (AvgIpc) is 3.16. The third-order valence-electron chi connectivity index (χ3n) is 3.89. The van der Waals surface area contributed by atoms with Crippen molar-refractivity contribution >= 4 is 21.6 Å². The molecular formula is C15H17ClN2O3S. The summed E-state index contributed by atoms with van der Waals surface area (Å²) >= 11 is 5.83. The molecule has 1 aliphatic rings. The summed E-state index contributed by atoms with van der Waals surface area (Å²) in [4.78, 5) is 0.249. The van der Waals surface area contributed by atoms with Gasteiger partial charge in [-0.25, -0.2) is 8.42 Å². The van der Waals surface area contributed by atoms with E-state index in [0.717, 1.165) is 25.0 Å². The van der Waals surface area contributed by atoms with Crippen molar-refractivity contribution < 1.29 is 12.9 Å². The molecule has 7 heteroatoms. The quantitative estimate of drug-likeness (QED) is 0.855. The zero-order valence-electron chi connectivity index (χ0n) is 12.2. The lowest BCUT2D eigenvalue weighted by atomic mass is 10.1. The van der Waals surface area contributed by atoms with Crippen molar-refractivity contribution in [1.82, 2.24) is 9.46 Å². The van der Waals surface area contributed by atoms with E-state index in [1.165, 1.54) is 16.4 Å². The predicted molar refractivity (Wildman–Crippen MR) is 83.2 cm³/mol. The highest BCUT2D eigenvalue weighted by Gasteiger charge is 2.38. The Morgan fingerprint density at radius 2 is 2.09 bits per heavy atom. The van der Waals surface area contributed by atoms with Crippen LogP contribution < -0.4 is 0 Å². The minimum atomic E-state index is -3.56. The van der Waals surface area contributed by atoms with Crippen molar-refractivity contribution in [3.05, 3.63) is 46.8 Å². The van der Waals surface area contributed by atoms with E-state index in [9.17, 15) is 8.42 Å². The molecule has 1 aromatic heterocycles. The fourth-order valence-corrected chi connectivity index (χ4v) is 4.50. The van der Waals surface area contributed by atoms with E-state index in [4.69, 9.17) is 16.1 Å². The number of hydrogen-bond acceptors (Lipinski definition) is 4. The first kappa shape index (κ1) is 15.5. The van der Waals surface area contributed by atoms with Gasteiger partial charge < -0.3 is 4.52 Å². The molecule has 1 saturated heterocycles. The van der Waals surface area contributed by atoms with Crippen LogP contribution >= 0.6 is 11.6 Å². The van der Waals surface area contributed by atoms with Gasteiger partial charge in [0.25, 0.3) is 0 Å². The van der Waals surface area contributed by atoms with Gasteiger partial charge in [-0.2, -0.15) is 4.31 Å². The molecule has 1 atom stereocenters. The van der Waals surface area contributed by atoms with Gasteiger partial charge in [-0.3, -0.25) is 0 Å². The molecule has 1 aliphatic heterocycles. The van der Waals surface area contributed by atoms with Gasteiger partial charge in [0.2, 0.25) is 10.0 Å². The first-order chi connectivity index (χ1) is 10.5. The number of sulfonamides is 1. The first-order valence-corrected chi connectivity index (χ1v) is 9.07. The first-order valence-electron chi connectivity index (χ1n) is 7.25. The van der Waals surface area contributed by atoms with Crippen LogP contribution in [0.5, 0.6) is 0 Å². The monoisotopic (exact) mass is 340 g/mol. The van der Waals surface area contributed by atoms with Crippen LogP contribution in [-0.2, 0) is 16.4 Å². The lowest BCUT2D eigenvalue weighted by molar-refractivity contribution is 0.296. The summed E-state index contributed by atoms with van der Waals surface area (Å²) in [5.74, 6) is 0.617. The Labute approximate surface area is 134 Å². The predicted octanol–water partition coefficient (Wildman–Crippen LogP) is 3.42. The lowest BCUT2D eigenvalue weighted by Crippen LogP contribution is -2.30. The molecule has 1 aromatic carbocycles. The third-order valence-corrected chi connectivity index (χ3v) is 6.07. The van der Waals surface area contributed by atoms with Crippen LogP contribution in [0.2, 0.25) is 5.02 Å². The molecule has 0 radical (unpaired) electrons. The van der Waals surface area contributed by atoms with Crippen molar-refractivity contribution in [3.8, 4) is 0 Å². The zero-order chi connectivity index (χ0) is 15.7. The minimum absolute atomic E-state index is 0.249. The molecule has 3 rings (SSSR count). The summed E-state index contributed by atoms with van der Waals surface area (Å²) < 4.78 is 32.5. The topological polar surface area (TPSA) is 63.4 Å². The second-order valence-electron chi connectivity index (χ2n) is 5.30. The van der Waals surface area contributed by atoms with Crippen molar-refractivity contribution in [2.24, 2.45) is 0 Å². The molecule has 2 aromatic rings. The minimum Gasteiger partial charge on any atom is -0.359 e. The van der Waals surface area contributed by atoms with E-state index in [1.54, 1.807) is 12.1 Å². The Hall–Kier alpha value is -1.37. The normalized spacial score (nSPS) is 19.6. The second-order valence-corrected chi connectivity index (χ2v) is 7.63. The molecular weight excluding hydrogens is 324 g/mol. The zero-order valence-corrected chi connectivity index (χ0v) is 13.8. The van der Waals surface area contributed by atoms with E-state index < -0.39 is 10.0 Å². The largest absolute Gasteiger partial charge is 0.359 e. The summed E-state index contributed by atoms with van der Waals surface area (Å²) in [6, 6.07) is 7.80. The number of hydrogen-bond donors (Lipinski definition) is 0. The van der Waals surface area contributed by atoms with E-state index in [2.05, 4.69) is 5.16 Å². The Morgan fingerprint density at radius 3 is 2.73 bits per heavy atom. The molecule has 1 fully saturated rings. The van der Waals surface area contributed by atoms with Crippen molar-refractivity contribution in [2.75, 3.05) is 6.54 Å². The number of aromatic nitrogens is 1. The van der Waals surface area contributed by atoms with Gasteiger partial charge in [0.1, 0.15) is 0 Å². The SMILES string of the molecule is CCc1cc([C@H]2CCCN2S(=O)(=O)c2ccc(Cl)cc2)on1. The van der Waals surface area contributed by atoms with Crippen LogP contribution in [0.3, 0.4) is 0 Å². The summed E-state index contributed by atoms with van der Waals surface area (Å²) in [6.45, 7) is 2.47. The number of rotatable bonds is 4. The van der Waals surface area contributed by atoms with Crippen LogP contribution in [0.25, 0.3) is 0 Å². The van der Waals surface area contributed by atoms with Crippen LogP contribution in [0.15, 0.2) is 39.8 Å². The fraction of sp³-hybridized carbons (Fsp3) is 0.400. The van der Waals surface area contributed by atoms with Crippen LogP contribution in [-0.4, -0.2) is 24.4 Å². The Balaban J connectivity index is 1.93. The summed E-state index contributed by atoms with van der Waals surface area (Å²) in [5.41, 5.74) is 0.839. The van der Waals surface area contributed by atoms with Gasteiger partial charge in [0.15, 0.2) is 5.76 Å². The smallest absolute Gasteiger partial charge is 0.243 e. The molecule has 0 unspecified atom stereocenters. The van der Waals surface area contributed by atoms with Gasteiger partial charge in [0, 0.05) is 17.6 Å². The highest BCUT2D eigenvalue weighted by molar-refractivity contribution is 7.89. The standard InChI is InChI=1S/C15H17ClN2O3S/c1-2-12-10-15(21-17-12)14-4-3-9-18(14)22(19,20)13-7-5-11(16)6-8-13/h5-8,10,14H,2-4,9H2,1H3/t14-/m1/s1. The second kappa shape index (κ2) is 6.02. The Bertz CT molecular complexity index is 755. The summed E-state index contributed by atoms with van der Waals surface area (Å²) in [5, 5.41) is 4.48. The average molecular weight is 341 g/mol. The van der Waals surface area contributed by atoms with Gasteiger partial charge in [-0.15, -0.1) is 0 Å². The van der Waals surface area contributed by atoms with Crippen molar-refractivity contribution in [3.63, 3.8) is 0 Å². The molecule has 0 N–H and O–H groups in total. The van der Waals surface area contributed by atoms with E-state index >= 15 is 0 Å². The molecule has 0 saturated carbocycles. The maximum Gasteiger partial charge on any atom is 0.243 e. The Kier molecular flexibility index (Phi) is 4.25. The van der Waals surface area contributed by atoms with Crippen LogP contribution in [0.1, 0.15) is 37.3 Å². The molecule has 0 spiro atoms. The molecule has 22 heavy (non-hydrogen) atoms. The van der Waals surface area contributed by atoms with Crippen molar-refractivity contribution in [2.45, 2.75) is 37.1 Å². The molecule has 0 aliphatic carbocycles. The van der Waals surface area contributed by atoms with E-state index in [0.29, 0.717) is 17.3 Å². The van der Waals surface area contributed by atoms with E-state index in [-0.39, 0.29) is 10.9 Å². The van der Waals surface area contributed by atoms with Gasteiger partial charge >= 0.3 is 0 Å². The summed E-state index contributed by atoms with van der Waals surface area (Å²) in [6.07, 6.45) is 2.31. The van der Waals surface area contributed by atoms with Crippen LogP contribution in [0, 0.1) is 0 Å². The molecule has 5 nitrogen and oxygen atoms in total. The van der Waals surface area contributed by atoms with Gasteiger partial charge in [0.05, 0.1) is 16.6 Å². The van der Waals surface area contributed by atoms with Crippen LogP contribution in [0.4, 0.5) is 0 Å². The Morgan fingerprint density at radius 1 is 1.36 bits per heavy atom. The van der Waals surface area contributed by atoms with Gasteiger partial charge in [-0.1, -0.05) is 23.7 Å². The molecule has 0 amide bonds. The fourth-order valence-electron chi connectivity index (χ4n) is 2.71. The number of nitrogens with zero attached hydrogens (tertiary/aromatic N) is 2. The number of aryl methyl sites for hydroxylation is 1.